The first-order chi connectivity index (χ1) is 6.86. The van der Waals surface area contributed by atoms with Crippen LogP contribution in [0.1, 0.15) is 39.5 Å². The van der Waals surface area contributed by atoms with E-state index in [9.17, 15) is 0 Å². The van der Waals surface area contributed by atoms with Gasteiger partial charge in [-0.3, -0.25) is 0 Å². The third-order valence-corrected chi connectivity index (χ3v) is 2.18. The van der Waals surface area contributed by atoms with Gasteiger partial charge in [0.05, 0.1) is 6.54 Å². The van der Waals surface area contributed by atoms with Gasteiger partial charge in [0.15, 0.2) is 6.20 Å². The van der Waals surface area contributed by atoms with Gasteiger partial charge >= 0.3 is 0 Å². The fourth-order valence-electron chi connectivity index (χ4n) is 1.24. The molecule has 0 aliphatic carbocycles. The van der Waals surface area contributed by atoms with Crippen molar-refractivity contribution in [1.29, 1.82) is 0 Å². The lowest BCUT2D eigenvalue weighted by Crippen LogP contribution is -2.31. The summed E-state index contributed by atoms with van der Waals surface area (Å²) < 4.78 is 3.96. The van der Waals surface area contributed by atoms with Crippen LogP contribution in [0.25, 0.3) is 0 Å². The number of aromatic nitrogens is 2. The molecule has 0 fully saturated rings. The fourth-order valence-corrected chi connectivity index (χ4v) is 1.24. The van der Waals surface area contributed by atoms with Gasteiger partial charge in [-0.2, -0.15) is 0 Å². The van der Waals surface area contributed by atoms with Crippen LogP contribution >= 0.6 is 0 Å². The van der Waals surface area contributed by atoms with Gasteiger partial charge in [-0.15, -0.1) is 0 Å². The van der Waals surface area contributed by atoms with Crippen LogP contribution in [0.3, 0.4) is 0 Å². The second kappa shape index (κ2) is 6.46. The second-order valence-electron chi connectivity index (χ2n) is 3.55. The number of rotatable bonds is 7. The topological polar surface area (TPSA) is 18.0 Å². The van der Waals surface area contributed by atoms with Crippen molar-refractivity contribution >= 4 is 0 Å². The van der Waals surface area contributed by atoms with Gasteiger partial charge in [0, 0.05) is 0 Å². The summed E-state index contributed by atoms with van der Waals surface area (Å²) in [6.45, 7) is 6.26. The maximum atomic E-state index is 5.50. The summed E-state index contributed by atoms with van der Waals surface area (Å²) in [7, 11) is 0. The van der Waals surface area contributed by atoms with E-state index in [1.807, 2.05) is 12.5 Å². The summed E-state index contributed by atoms with van der Waals surface area (Å²) in [5, 5.41) is 0. The summed E-state index contributed by atoms with van der Waals surface area (Å²) in [4.78, 5) is 5.50. The van der Waals surface area contributed by atoms with Crippen molar-refractivity contribution in [3.63, 3.8) is 0 Å². The monoisotopic (exact) mass is 197 g/mol. The van der Waals surface area contributed by atoms with Crippen LogP contribution in [0.5, 0.6) is 0 Å². The zero-order valence-corrected chi connectivity index (χ0v) is 9.28. The van der Waals surface area contributed by atoms with E-state index in [1.165, 1.54) is 19.3 Å². The predicted octanol–water partition coefficient (Wildman–Crippen LogP) is 1.80. The summed E-state index contributed by atoms with van der Waals surface area (Å²) >= 11 is 0. The van der Waals surface area contributed by atoms with E-state index >= 15 is 0 Å². The average Bonchev–Trinajstić information content (AvgIpc) is 2.63. The summed E-state index contributed by atoms with van der Waals surface area (Å²) in [5.74, 6) is 0. The highest BCUT2D eigenvalue weighted by atomic mass is 16.7. The third-order valence-electron chi connectivity index (χ3n) is 2.18. The molecule has 1 aromatic heterocycles. The van der Waals surface area contributed by atoms with E-state index in [0.717, 1.165) is 19.6 Å². The Hall–Kier alpha value is -0.990. The molecule has 0 radical (unpaired) electrons. The van der Waals surface area contributed by atoms with Crippen molar-refractivity contribution in [2.75, 3.05) is 6.61 Å². The largest absolute Gasteiger partial charge is 0.336 e. The Bertz CT molecular complexity index is 245. The lowest BCUT2D eigenvalue weighted by atomic mass is 10.3. The molecule has 0 bridgehead atoms. The minimum atomic E-state index is 0.805. The first-order valence-electron chi connectivity index (χ1n) is 5.57. The molecule has 0 aliphatic rings. The van der Waals surface area contributed by atoms with E-state index in [2.05, 4.69) is 24.6 Å². The quantitative estimate of drug-likeness (QED) is 0.481. The van der Waals surface area contributed by atoms with Crippen molar-refractivity contribution < 1.29 is 9.40 Å². The van der Waals surface area contributed by atoms with Crippen LogP contribution in [0.4, 0.5) is 0 Å². The fraction of sp³-hybridized carbons (Fsp3) is 0.727. The highest BCUT2D eigenvalue weighted by molar-refractivity contribution is 4.60. The SMILES string of the molecule is CCCCOn1cc[n+](CCCC)c1. The lowest BCUT2D eigenvalue weighted by molar-refractivity contribution is -0.697. The van der Waals surface area contributed by atoms with Gasteiger partial charge in [-0.25, -0.2) is 4.57 Å². The smallest absolute Gasteiger partial charge is 0.284 e. The molecule has 0 atom stereocenters. The molecule has 0 N–H and O–H groups in total. The lowest BCUT2D eigenvalue weighted by Gasteiger charge is -1.97. The number of imidazole rings is 1. The molecule has 0 aliphatic heterocycles. The van der Waals surface area contributed by atoms with Crippen LogP contribution < -0.4 is 9.40 Å². The molecule has 0 amide bonds. The Balaban J connectivity index is 2.27. The molecule has 3 heteroatoms. The number of hydrogen-bond acceptors (Lipinski definition) is 1. The van der Waals surface area contributed by atoms with Gasteiger partial charge in [0.2, 0.25) is 0 Å². The summed E-state index contributed by atoms with van der Waals surface area (Å²) in [6.07, 6.45) is 10.8. The average molecular weight is 197 g/mol. The van der Waals surface area contributed by atoms with Gasteiger partial charge in [-0.05, 0) is 12.8 Å². The molecule has 1 aromatic rings. The van der Waals surface area contributed by atoms with Gasteiger partial charge in [0.1, 0.15) is 12.8 Å². The zero-order valence-electron chi connectivity index (χ0n) is 9.28. The van der Waals surface area contributed by atoms with Crippen molar-refractivity contribution in [2.45, 2.75) is 46.1 Å². The first kappa shape index (κ1) is 11.1. The molecule has 1 rings (SSSR count). The van der Waals surface area contributed by atoms with E-state index < -0.39 is 0 Å². The first-order valence-corrected chi connectivity index (χ1v) is 5.57. The summed E-state index contributed by atoms with van der Waals surface area (Å²) in [6, 6.07) is 0. The molecule has 0 unspecified atom stereocenters. The minimum absolute atomic E-state index is 0.805. The number of aryl methyl sites for hydroxylation is 1. The Morgan fingerprint density at radius 3 is 2.71 bits per heavy atom. The molecule has 1 heterocycles. The van der Waals surface area contributed by atoms with Crippen molar-refractivity contribution in [3.05, 3.63) is 18.7 Å². The Morgan fingerprint density at radius 2 is 2.00 bits per heavy atom. The highest BCUT2D eigenvalue weighted by Gasteiger charge is 2.02. The van der Waals surface area contributed by atoms with Gasteiger partial charge in [-0.1, -0.05) is 31.4 Å². The van der Waals surface area contributed by atoms with Crippen LogP contribution in [0.2, 0.25) is 0 Å². The standard InChI is InChI=1S/C11H21N2O/c1-3-5-7-12-8-9-13(11-12)14-10-6-4-2/h8-9,11H,3-7,10H2,1-2H3/q+1. The van der Waals surface area contributed by atoms with Crippen LogP contribution in [0.15, 0.2) is 18.7 Å². The molecule has 3 nitrogen and oxygen atoms in total. The molecule has 0 saturated heterocycles. The van der Waals surface area contributed by atoms with E-state index in [1.54, 1.807) is 4.73 Å². The Morgan fingerprint density at radius 1 is 1.21 bits per heavy atom. The van der Waals surface area contributed by atoms with E-state index in [4.69, 9.17) is 4.84 Å². The van der Waals surface area contributed by atoms with E-state index in [-0.39, 0.29) is 0 Å². The molecule has 80 valence electrons. The van der Waals surface area contributed by atoms with Crippen LogP contribution in [-0.2, 0) is 6.54 Å². The molecular formula is C11H21N2O+. The zero-order chi connectivity index (χ0) is 10.2. The number of nitrogens with zero attached hydrogens (tertiary/aromatic N) is 2. The third kappa shape index (κ3) is 3.81. The maximum Gasteiger partial charge on any atom is 0.284 e. The predicted molar refractivity (Wildman–Crippen MR) is 55.9 cm³/mol. The molecule has 0 aromatic carbocycles. The van der Waals surface area contributed by atoms with Gasteiger partial charge in [0.25, 0.3) is 6.33 Å². The maximum absolute atomic E-state index is 5.50. The number of unbranched alkanes of at least 4 members (excludes halogenated alkanes) is 2. The second-order valence-corrected chi connectivity index (χ2v) is 3.55. The Kier molecular flexibility index (Phi) is 5.12. The molecule has 0 saturated carbocycles. The van der Waals surface area contributed by atoms with E-state index in [0.29, 0.717) is 0 Å². The number of hydrogen-bond donors (Lipinski definition) is 0. The van der Waals surface area contributed by atoms with Crippen LogP contribution in [-0.4, -0.2) is 11.3 Å². The summed E-state index contributed by atoms with van der Waals surface area (Å²) in [5.41, 5.74) is 0. The Labute approximate surface area is 86.3 Å². The normalized spacial score (nSPS) is 10.4. The molecular weight excluding hydrogens is 176 g/mol. The molecule has 0 spiro atoms. The highest BCUT2D eigenvalue weighted by Crippen LogP contribution is 1.89. The van der Waals surface area contributed by atoms with Crippen molar-refractivity contribution in [1.82, 2.24) is 4.73 Å². The molecule has 14 heavy (non-hydrogen) atoms. The van der Waals surface area contributed by atoms with Crippen molar-refractivity contribution in [2.24, 2.45) is 0 Å². The van der Waals surface area contributed by atoms with Crippen LogP contribution in [0, 0.1) is 0 Å². The van der Waals surface area contributed by atoms with Gasteiger partial charge < -0.3 is 4.84 Å². The van der Waals surface area contributed by atoms with Crippen molar-refractivity contribution in [3.8, 4) is 0 Å². The minimum Gasteiger partial charge on any atom is -0.336 e.